The molecule has 0 fully saturated rings. The second kappa shape index (κ2) is 6.54. The zero-order valence-corrected chi connectivity index (χ0v) is 12.9. The fourth-order valence-corrected chi connectivity index (χ4v) is 2.33. The first kappa shape index (κ1) is 15.7. The first-order valence-corrected chi connectivity index (χ1v) is 7.32. The molecule has 0 aliphatic heterocycles. The second-order valence-electron chi connectivity index (χ2n) is 5.25. The third kappa shape index (κ3) is 3.12. The van der Waals surface area contributed by atoms with E-state index in [0.717, 1.165) is 5.56 Å². The van der Waals surface area contributed by atoms with E-state index in [-0.39, 0.29) is 18.1 Å². The van der Waals surface area contributed by atoms with E-state index in [2.05, 4.69) is 4.98 Å². The van der Waals surface area contributed by atoms with Crippen LogP contribution in [-0.2, 0) is 11.3 Å². The lowest BCUT2D eigenvalue weighted by atomic mass is 10.2. The van der Waals surface area contributed by atoms with E-state index in [9.17, 15) is 14.4 Å². The van der Waals surface area contributed by atoms with Crippen LogP contribution in [0.1, 0.15) is 21.7 Å². The Morgan fingerprint density at radius 2 is 1.83 bits per heavy atom. The van der Waals surface area contributed by atoms with Crippen LogP contribution in [-0.4, -0.2) is 20.9 Å². The van der Waals surface area contributed by atoms with Gasteiger partial charge in [-0.2, -0.15) is 4.73 Å². The van der Waals surface area contributed by atoms with Crippen LogP contribution >= 0.6 is 0 Å². The monoisotopic (exact) mass is 326 g/mol. The van der Waals surface area contributed by atoms with Crippen molar-refractivity contribution in [1.82, 2.24) is 9.71 Å². The molecule has 1 N–H and O–H groups in total. The van der Waals surface area contributed by atoms with Crippen LogP contribution in [0.4, 0.5) is 4.39 Å². The van der Waals surface area contributed by atoms with Crippen molar-refractivity contribution in [3.05, 3.63) is 77.4 Å². The van der Waals surface area contributed by atoms with Crippen molar-refractivity contribution in [2.24, 2.45) is 0 Å². The molecule has 0 aliphatic rings. The van der Waals surface area contributed by atoms with Crippen molar-refractivity contribution in [3.8, 4) is 11.4 Å². The zero-order valence-electron chi connectivity index (χ0n) is 12.9. The minimum absolute atomic E-state index is 0.0507. The Morgan fingerprint density at radius 1 is 1.17 bits per heavy atom. The highest BCUT2D eigenvalue weighted by molar-refractivity contribution is 5.89. The van der Waals surface area contributed by atoms with E-state index < -0.39 is 11.8 Å². The van der Waals surface area contributed by atoms with Crippen LogP contribution in [0.25, 0.3) is 11.4 Å². The second-order valence-corrected chi connectivity index (χ2v) is 5.25. The minimum Gasteiger partial charge on any atom is -0.456 e. The Morgan fingerprint density at radius 3 is 2.50 bits per heavy atom. The van der Waals surface area contributed by atoms with Gasteiger partial charge in [-0.05, 0) is 36.8 Å². The molecule has 0 saturated carbocycles. The number of imidazole rings is 1. The highest BCUT2D eigenvalue weighted by Gasteiger charge is 2.23. The first-order valence-electron chi connectivity index (χ1n) is 7.32. The molecule has 0 atom stereocenters. The van der Waals surface area contributed by atoms with Crippen LogP contribution in [0.5, 0.6) is 0 Å². The number of esters is 1. The number of hydrogen-bond donors (Lipinski definition) is 1. The minimum atomic E-state index is -0.681. The molecule has 2 aromatic carbocycles. The van der Waals surface area contributed by atoms with Gasteiger partial charge in [0, 0.05) is 5.56 Å². The highest BCUT2D eigenvalue weighted by Crippen LogP contribution is 2.22. The standard InChI is InChI=1S/C18H15FN2O3/c1-12-16(18(22)24-11-13-5-3-2-4-6-13)21(23)17(20-12)14-7-9-15(19)10-8-14/h2-10,23H,11H2,1H3. The summed E-state index contributed by atoms with van der Waals surface area (Å²) in [7, 11) is 0. The van der Waals surface area contributed by atoms with Crippen LogP contribution in [0, 0.1) is 12.7 Å². The van der Waals surface area contributed by atoms with Crippen molar-refractivity contribution in [2.75, 3.05) is 0 Å². The Kier molecular flexibility index (Phi) is 4.29. The Labute approximate surface area is 137 Å². The van der Waals surface area contributed by atoms with Crippen LogP contribution in [0.3, 0.4) is 0 Å². The first-order chi connectivity index (χ1) is 11.6. The average Bonchev–Trinajstić information content (AvgIpc) is 2.89. The summed E-state index contributed by atoms with van der Waals surface area (Å²) in [6.07, 6.45) is 0. The molecule has 3 aromatic rings. The van der Waals surface area contributed by atoms with Gasteiger partial charge in [0.05, 0.1) is 5.69 Å². The van der Waals surface area contributed by atoms with Gasteiger partial charge in [0.25, 0.3) is 0 Å². The number of aromatic nitrogens is 2. The van der Waals surface area contributed by atoms with Gasteiger partial charge in [-0.1, -0.05) is 30.3 Å². The predicted octanol–water partition coefficient (Wildman–Crippen LogP) is 3.59. The fourth-order valence-electron chi connectivity index (χ4n) is 2.33. The number of aryl methyl sites for hydroxylation is 1. The molecule has 0 saturated heterocycles. The van der Waals surface area contributed by atoms with Crippen LogP contribution in [0.2, 0.25) is 0 Å². The molecule has 0 spiro atoms. The molecule has 5 nitrogen and oxygen atoms in total. The van der Waals surface area contributed by atoms with Gasteiger partial charge in [0.1, 0.15) is 12.4 Å². The summed E-state index contributed by atoms with van der Waals surface area (Å²) >= 11 is 0. The lowest BCUT2D eigenvalue weighted by molar-refractivity contribution is 0.0423. The number of nitrogens with zero attached hydrogens (tertiary/aromatic N) is 2. The van der Waals surface area contributed by atoms with Gasteiger partial charge in [0.2, 0.25) is 0 Å². The van der Waals surface area contributed by atoms with Crippen molar-refractivity contribution < 1.29 is 19.1 Å². The third-order valence-corrected chi connectivity index (χ3v) is 3.54. The number of carbonyl (C=O) groups excluding carboxylic acids is 1. The lowest BCUT2D eigenvalue weighted by Gasteiger charge is -2.06. The fraction of sp³-hybridized carbons (Fsp3) is 0.111. The number of rotatable bonds is 4. The molecule has 0 amide bonds. The summed E-state index contributed by atoms with van der Waals surface area (Å²) in [5, 5.41) is 10.3. The van der Waals surface area contributed by atoms with Crippen molar-refractivity contribution in [1.29, 1.82) is 0 Å². The van der Waals surface area contributed by atoms with Gasteiger partial charge < -0.3 is 9.94 Å². The van der Waals surface area contributed by atoms with Crippen molar-refractivity contribution >= 4 is 5.97 Å². The van der Waals surface area contributed by atoms with Gasteiger partial charge in [0.15, 0.2) is 11.5 Å². The van der Waals surface area contributed by atoms with E-state index in [0.29, 0.717) is 16.0 Å². The SMILES string of the molecule is Cc1nc(-c2ccc(F)cc2)n(O)c1C(=O)OCc1ccccc1. The number of carbonyl (C=O) groups is 1. The van der Waals surface area contributed by atoms with Gasteiger partial charge >= 0.3 is 5.97 Å². The van der Waals surface area contributed by atoms with Crippen LogP contribution in [0.15, 0.2) is 54.6 Å². The molecule has 0 aliphatic carbocycles. The largest absolute Gasteiger partial charge is 0.456 e. The van der Waals surface area contributed by atoms with E-state index in [4.69, 9.17) is 4.74 Å². The molecule has 122 valence electrons. The maximum Gasteiger partial charge on any atom is 0.360 e. The number of benzene rings is 2. The van der Waals surface area contributed by atoms with Crippen molar-refractivity contribution in [3.63, 3.8) is 0 Å². The number of hydrogen-bond acceptors (Lipinski definition) is 4. The molecular formula is C18H15FN2O3. The Balaban J connectivity index is 1.83. The Bertz CT molecular complexity index is 858. The lowest BCUT2D eigenvalue weighted by Crippen LogP contribution is -2.12. The zero-order chi connectivity index (χ0) is 17.1. The quantitative estimate of drug-likeness (QED) is 0.588. The molecule has 1 aromatic heterocycles. The Hall–Kier alpha value is -3.15. The third-order valence-electron chi connectivity index (χ3n) is 3.54. The normalized spacial score (nSPS) is 10.6. The molecule has 0 unspecified atom stereocenters. The predicted molar refractivity (Wildman–Crippen MR) is 85.1 cm³/mol. The molecule has 6 heteroatoms. The van der Waals surface area contributed by atoms with E-state index in [1.54, 1.807) is 6.92 Å². The molecule has 0 radical (unpaired) electrons. The molecule has 3 rings (SSSR count). The molecule has 1 heterocycles. The van der Waals surface area contributed by atoms with E-state index in [1.807, 2.05) is 30.3 Å². The summed E-state index contributed by atoms with van der Waals surface area (Å²) < 4.78 is 18.9. The van der Waals surface area contributed by atoms with Gasteiger partial charge in [-0.25, -0.2) is 14.2 Å². The van der Waals surface area contributed by atoms with Gasteiger partial charge in [-0.3, -0.25) is 0 Å². The molecule has 0 bridgehead atoms. The summed E-state index contributed by atoms with van der Waals surface area (Å²) in [5.41, 5.74) is 1.61. The van der Waals surface area contributed by atoms with E-state index >= 15 is 0 Å². The maximum atomic E-state index is 13.0. The number of ether oxygens (including phenoxy) is 1. The van der Waals surface area contributed by atoms with Crippen LogP contribution < -0.4 is 0 Å². The topological polar surface area (TPSA) is 64.3 Å². The van der Waals surface area contributed by atoms with E-state index in [1.165, 1.54) is 24.3 Å². The average molecular weight is 326 g/mol. The number of halogens is 1. The summed E-state index contributed by atoms with van der Waals surface area (Å²) in [6, 6.07) is 14.7. The summed E-state index contributed by atoms with van der Waals surface area (Å²) in [4.78, 5) is 16.4. The maximum absolute atomic E-state index is 13.0. The van der Waals surface area contributed by atoms with Crippen molar-refractivity contribution in [2.45, 2.75) is 13.5 Å². The van der Waals surface area contributed by atoms with Gasteiger partial charge in [-0.15, -0.1) is 0 Å². The summed E-state index contributed by atoms with van der Waals surface area (Å²) in [6.45, 7) is 1.69. The molecular weight excluding hydrogens is 311 g/mol. The highest BCUT2D eigenvalue weighted by atomic mass is 19.1. The molecule has 24 heavy (non-hydrogen) atoms. The smallest absolute Gasteiger partial charge is 0.360 e. The summed E-state index contributed by atoms with van der Waals surface area (Å²) in [5.74, 6) is -0.923.